The van der Waals surface area contributed by atoms with Gasteiger partial charge in [0.25, 0.3) is 0 Å². The first kappa shape index (κ1) is 15.8. The molecular weight excluding hydrogens is 316 g/mol. The lowest BCUT2D eigenvalue weighted by molar-refractivity contribution is 1.29. The van der Waals surface area contributed by atoms with Gasteiger partial charge in [-0.2, -0.15) is 0 Å². The second-order valence-corrected chi connectivity index (χ2v) is 5.89. The Balaban J connectivity index is 1.73. The van der Waals surface area contributed by atoms with E-state index in [0.29, 0.717) is 0 Å². The lowest BCUT2D eigenvalue weighted by Crippen LogP contribution is -2.09. The number of nitrogens with one attached hydrogen (secondary N) is 1. The smallest absolute Gasteiger partial charge is 0.0973 e. The summed E-state index contributed by atoms with van der Waals surface area (Å²) in [7, 11) is 0. The molecule has 0 aromatic heterocycles. The van der Waals surface area contributed by atoms with Crippen LogP contribution < -0.4 is 10.2 Å². The van der Waals surface area contributed by atoms with Crippen LogP contribution in [0.3, 0.4) is 0 Å². The Morgan fingerprint density at radius 3 is 2.04 bits per heavy atom. The molecule has 4 aromatic rings. The number of nitrogens with zero attached hydrogens (tertiary/aromatic N) is 1. The average molecular weight is 334 g/mol. The molecule has 0 bridgehead atoms. The normalized spacial score (nSPS) is 10.0. The van der Waals surface area contributed by atoms with Crippen LogP contribution >= 0.6 is 0 Å². The van der Waals surface area contributed by atoms with Crippen molar-refractivity contribution in [2.24, 2.45) is 0 Å². The van der Waals surface area contributed by atoms with Crippen molar-refractivity contribution in [2.45, 2.75) is 0 Å². The molecule has 0 atom stereocenters. The molecule has 0 unspecified atom stereocenters. The zero-order valence-corrected chi connectivity index (χ0v) is 14.3. The Labute approximate surface area is 154 Å². The van der Waals surface area contributed by atoms with E-state index in [1.165, 1.54) is 0 Å². The molecule has 0 spiro atoms. The maximum absolute atomic E-state index is 3.46. The zero-order chi connectivity index (χ0) is 17.6. The molecule has 4 rings (SSSR count). The third-order valence-electron chi connectivity index (χ3n) is 4.06. The molecule has 4 aromatic carbocycles. The van der Waals surface area contributed by atoms with Gasteiger partial charge in [-0.25, -0.2) is 0 Å². The quantitative estimate of drug-likeness (QED) is 0.448. The van der Waals surface area contributed by atoms with Gasteiger partial charge in [-0.3, -0.25) is 0 Å². The summed E-state index contributed by atoms with van der Waals surface area (Å²) in [4.78, 5) is 2.17. The molecule has 0 aliphatic heterocycles. The highest BCUT2D eigenvalue weighted by molar-refractivity contribution is 5.78. The summed E-state index contributed by atoms with van der Waals surface area (Å²) < 4.78 is 0. The highest BCUT2D eigenvalue weighted by Gasteiger charge is 2.12. The maximum Gasteiger partial charge on any atom is 0.0973 e. The predicted octanol–water partition coefficient (Wildman–Crippen LogP) is 6.50. The van der Waals surface area contributed by atoms with E-state index in [-0.39, 0.29) is 0 Å². The van der Waals surface area contributed by atoms with Gasteiger partial charge in [0, 0.05) is 22.7 Å². The summed E-state index contributed by atoms with van der Waals surface area (Å²) in [5.41, 5.74) is 5.20. The Morgan fingerprint density at radius 2 is 1.31 bits per heavy atom. The molecule has 0 radical (unpaired) electrons. The van der Waals surface area contributed by atoms with Crippen LogP contribution in [-0.2, 0) is 0 Å². The first-order chi connectivity index (χ1) is 12.9. The lowest BCUT2D eigenvalue weighted by atomic mass is 10.2. The number of hydrogen-bond acceptors (Lipinski definition) is 2. The van der Waals surface area contributed by atoms with E-state index in [4.69, 9.17) is 0 Å². The summed E-state index contributed by atoms with van der Waals surface area (Å²) >= 11 is 0. The highest BCUT2D eigenvalue weighted by atomic mass is 15.1. The van der Waals surface area contributed by atoms with E-state index in [0.717, 1.165) is 28.4 Å². The van der Waals surface area contributed by atoms with Crippen molar-refractivity contribution >= 4 is 28.4 Å². The van der Waals surface area contributed by atoms with Gasteiger partial charge in [0.05, 0.1) is 5.69 Å². The van der Waals surface area contributed by atoms with Crippen molar-refractivity contribution in [3.8, 4) is 0 Å². The fraction of sp³-hybridized carbons (Fsp3) is 0. The molecular formula is C24H18N2. The van der Waals surface area contributed by atoms with E-state index in [2.05, 4.69) is 70.9 Å². The topological polar surface area (TPSA) is 15.3 Å². The van der Waals surface area contributed by atoms with Crippen LogP contribution in [0.25, 0.3) is 0 Å². The van der Waals surface area contributed by atoms with Crippen molar-refractivity contribution < 1.29 is 0 Å². The zero-order valence-electron chi connectivity index (χ0n) is 14.3. The molecule has 0 saturated carbocycles. The minimum absolute atomic E-state index is 0.954. The highest BCUT2D eigenvalue weighted by Crippen LogP contribution is 2.34. The number of hydrogen-bond donors (Lipinski definition) is 1. The average Bonchev–Trinajstić information content (AvgIpc) is 2.71. The summed E-state index contributed by atoms with van der Waals surface area (Å²) in [5.74, 6) is 0. The lowest BCUT2D eigenvalue weighted by Gasteiger charge is -2.24. The molecule has 0 fully saturated rings. The van der Waals surface area contributed by atoms with E-state index < -0.39 is 0 Å². The third-order valence-corrected chi connectivity index (χ3v) is 4.06. The molecule has 0 aliphatic rings. The molecule has 26 heavy (non-hydrogen) atoms. The SMILES string of the molecule is c1cccc(N(c2ccccc2)c2cccc(Nc3ccccc3)c2)c#1. The Bertz CT molecular complexity index is 911. The van der Waals surface area contributed by atoms with E-state index in [1.54, 1.807) is 0 Å². The monoisotopic (exact) mass is 334 g/mol. The van der Waals surface area contributed by atoms with Gasteiger partial charge >= 0.3 is 0 Å². The fourth-order valence-electron chi connectivity index (χ4n) is 2.89. The predicted molar refractivity (Wildman–Crippen MR) is 109 cm³/mol. The minimum atomic E-state index is 0.954. The van der Waals surface area contributed by atoms with Crippen molar-refractivity contribution in [3.63, 3.8) is 0 Å². The van der Waals surface area contributed by atoms with E-state index in [1.807, 2.05) is 54.6 Å². The van der Waals surface area contributed by atoms with E-state index in [9.17, 15) is 0 Å². The summed E-state index contributed by atoms with van der Waals surface area (Å²) in [6.45, 7) is 0. The van der Waals surface area contributed by atoms with Gasteiger partial charge in [0.15, 0.2) is 0 Å². The van der Waals surface area contributed by atoms with Crippen LogP contribution in [0.2, 0.25) is 0 Å². The molecule has 1 N–H and O–H groups in total. The van der Waals surface area contributed by atoms with Crippen molar-refractivity contribution in [1.82, 2.24) is 0 Å². The standard InChI is InChI=1S/C24H18N2/c1-4-11-20(12-5-1)25-21-13-10-18-24(19-21)26(22-14-6-2-7-15-22)23-16-8-3-9-17-23/h1-8,10-16,18-19,25H. The van der Waals surface area contributed by atoms with Crippen LogP contribution in [0.4, 0.5) is 28.4 Å². The number of benzene rings is 3. The van der Waals surface area contributed by atoms with E-state index >= 15 is 0 Å². The van der Waals surface area contributed by atoms with Gasteiger partial charge in [-0.05, 0) is 60.7 Å². The maximum atomic E-state index is 3.46. The molecule has 2 heteroatoms. The molecule has 0 amide bonds. The van der Waals surface area contributed by atoms with Gasteiger partial charge < -0.3 is 10.2 Å². The summed E-state index contributed by atoms with van der Waals surface area (Å²) in [6, 6.07) is 41.0. The Kier molecular flexibility index (Phi) is 4.54. The van der Waals surface area contributed by atoms with Crippen molar-refractivity contribution in [2.75, 3.05) is 10.2 Å². The van der Waals surface area contributed by atoms with Crippen LogP contribution in [0, 0.1) is 12.1 Å². The first-order valence-electron chi connectivity index (χ1n) is 8.56. The second-order valence-electron chi connectivity index (χ2n) is 5.89. The largest absolute Gasteiger partial charge is 0.355 e. The minimum Gasteiger partial charge on any atom is -0.355 e. The molecule has 124 valence electrons. The third kappa shape index (κ3) is 3.53. The Morgan fingerprint density at radius 1 is 0.615 bits per heavy atom. The van der Waals surface area contributed by atoms with Gasteiger partial charge in [0.2, 0.25) is 0 Å². The fourth-order valence-corrected chi connectivity index (χ4v) is 2.89. The number of para-hydroxylation sites is 2. The van der Waals surface area contributed by atoms with Crippen LogP contribution in [-0.4, -0.2) is 0 Å². The molecule has 2 nitrogen and oxygen atoms in total. The summed E-state index contributed by atoms with van der Waals surface area (Å²) in [6.07, 6.45) is 0. The Hall–Kier alpha value is -3.70. The second kappa shape index (κ2) is 7.46. The van der Waals surface area contributed by atoms with Gasteiger partial charge in [-0.15, -0.1) is 0 Å². The first-order valence-corrected chi connectivity index (χ1v) is 8.56. The molecule has 0 aliphatic carbocycles. The number of anilines is 5. The number of rotatable bonds is 5. The van der Waals surface area contributed by atoms with Crippen LogP contribution in [0.1, 0.15) is 0 Å². The van der Waals surface area contributed by atoms with Gasteiger partial charge in [0.1, 0.15) is 0 Å². The molecule has 0 saturated heterocycles. The summed E-state index contributed by atoms with van der Waals surface area (Å²) in [5, 5.41) is 3.46. The van der Waals surface area contributed by atoms with Crippen molar-refractivity contribution in [3.05, 3.63) is 115 Å². The molecule has 0 heterocycles. The van der Waals surface area contributed by atoms with Crippen molar-refractivity contribution in [1.29, 1.82) is 0 Å². The van der Waals surface area contributed by atoms with Gasteiger partial charge in [-0.1, -0.05) is 54.6 Å². The van der Waals surface area contributed by atoms with Crippen LogP contribution in [0.15, 0.2) is 103 Å². The van der Waals surface area contributed by atoms with Crippen LogP contribution in [0.5, 0.6) is 0 Å².